The predicted octanol–water partition coefficient (Wildman–Crippen LogP) is 13.2. The van der Waals surface area contributed by atoms with E-state index in [2.05, 4.69) is 181 Å². The van der Waals surface area contributed by atoms with Crippen LogP contribution in [-0.2, 0) is 43.9 Å². The number of aryl methyl sites for hydroxylation is 1. The molecule has 59 heavy (non-hydrogen) atoms. The molecule has 12 rings (SSSR count). The van der Waals surface area contributed by atoms with Crippen molar-refractivity contribution in [1.82, 2.24) is 0 Å². The predicted molar refractivity (Wildman–Crippen MR) is 258 cm³/mol. The van der Waals surface area contributed by atoms with Gasteiger partial charge in [0.2, 0.25) is 0 Å². The molecule has 5 aromatic carbocycles. The number of thiophene rings is 2. The van der Waals surface area contributed by atoms with E-state index in [4.69, 9.17) is 0 Å². The van der Waals surface area contributed by atoms with Gasteiger partial charge in [0.1, 0.15) is 0 Å². The molecular formula is C54H55BN2S2. The molecule has 2 nitrogen and oxygen atoms in total. The van der Waals surface area contributed by atoms with Gasteiger partial charge in [-0.1, -0.05) is 80.5 Å². The molecule has 0 fully saturated rings. The smallest absolute Gasteiger partial charge is 0.277 e. The van der Waals surface area contributed by atoms with Crippen molar-refractivity contribution in [2.75, 3.05) is 9.80 Å². The summed E-state index contributed by atoms with van der Waals surface area (Å²) in [6.07, 6.45) is 6.87. The molecule has 0 unspecified atom stereocenters. The Bertz CT molecular complexity index is 2980. The van der Waals surface area contributed by atoms with Crippen molar-refractivity contribution in [3.63, 3.8) is 0 Å². The van der Waals surface area contributed by atoms with Crippen LogP contribution in [0.5, 0.6) is 0 Å². The van der Waals surface area contributed by atoms with Crippen molar-refractivity contribution in [3.8, 4) is 0 Å². The summed E-state index contributed by atoms with van der Waals surface area (Å²) in [5, 5.41) is 2.85. The third kappa shape index (κ3) is 5.42. The summed E-state index contributed by atoms with van der Waals surface area (Å²) in [5.74, 6) is 0. The molecule has 7 aromatic rings. The molecule has 296 valence electrons. The first kappa shape index (κ1) is 36.5. The Labute approximate surface area is 359 Å². The second-order valence-corrected chi connectivity index (χ2v) is 24.7. The van der Waals surface area contributed by atoms with E-state index in [-0.39, 0.29) is 12.1 Å². The van der Waals surface area contributed by atoms with Crippen molar-refractivity contribution in [1.29, 1.82) is 0 Å². The van der Waals surface area contributed by atoms with Gasteiger partial charge in [-0.3, -0.25) is 0 Å². The first-order chi connectivity index (χ1) is 27.9. The van der Waals surface area contributed by atoms with Crippen LogP contribution in [0.3, 0.4) is 0 Å². The van der Waals surface area contributed by atoms with Crippen LogP contribution in [0.2, 0.25) is 0 Å². The number of nitrogens with zero attached hydrogens (tertiary/aromatic N) is 2. The molecular weight excluding hydrogens is 752 g/mol. The van der Waals surface area contributed by atoms with Gasteiger partial charge in [-0.25, -0.2) is 0 Å². The van der Waals surface area contributed by atoms with Crippen LogP contribution in [0.1, 0.15) is 107 Å². The number of anilines is 6. The van der Waals surface area contributed by atoms with Gasteiger partial charge >= 0.3 is 0 Å². The highest BCUT2D eigenvalue weighted by atomic mass is 32.1. The highest BCUT2D eigenvalue weighted by Gasteiger charge is 2.48. The van der Waals surface area contributed by atoms with Crippen LogP contribution >= 0.6 is 22.7 Å². The third-order valence-corrected chi connectivity index (χ3v) is 16.9. The van der Waals surface area contributed by atoms with Crippen LogP contribution in [0.15, 0.2) is 78.9 Å². The van der Waals surface area contributed by atoms with Gasteiger partial charge in [-0.2, -0.15) is 0 Å². The molecule has 0 bridgehead atoms. The lowest BCUT2D eigenvalue weighted by atomic mass is 9.39. The zero-order chi connectivity index (χ0) is 40.7. The SMILES string of the molecule is Cc1cc2c3c(c1)N(c1ccc4c(c1)CC(C)(C)C4)c1c(sc4cc5c(cc14)CC(C)(C)C5)B3c1sc3cc4c(cc3c1N2c1ccc(C(C)(C)C)cc1)CC(C)(C)C4. The molecule has 0 N–H and O–H groups in total. The maximum Gasteiger partial charge on any atom is 0.277 e. The first-order valence-electron chi connectivity index (χ1n) is 22.0. The van der Waals surface area contributed by atoms with Gasteiger partial charge in [0, 0.05) is 52.5 Å². The Morgan fingerprint density at radius 3 is 1.42 bits per heavy atom. The summed E-state index contributed by atoms with van der Waals surface area (Å²) in [7, 11) is 0. The van der Waals surface area contributed by atoms with Crippen LogP contribution in [-0.4, -0.2) is 6.71 Å². The summed E-state index contributed by atoms with van der Waals surface area (Å²) in [4.78, 5) is 5.39. The summed E-state index contributed by atoms with van der Waals surface area (Å²) in [6.45, 7) is 24.1. The van der Waals surface area contributed by atoms with Crippen molar-refractivity contribution in [3.05, 3.63) is 123 Å². The van der Waals surface area contributed by atoms with Crippen molar-refractivity contribution in [2.45, 2.75) is 113 Å². The van der Waals surface area contributed by atoms with Crippen molar-refractivity contribution in [2.24, 2.45) is 16.2 Å². The van der Waals surface area contributed by atoms with E-state index in [1.807, 2.05) is 0 Å². The highest BCUT2D eigenvalue weighted by Crippen LogP contribution is 2.53. The fraction of sp³-hybridized carbons (Fsp3) is 0.370. The van der Waals surface area contributed by atoms with Gasteiger partial charge in [-0.05, 0) is 178 Å². The monoisotopic (exact) mass is 806 g/mol. The molecule has 3 aliphatic carbocycles. The standard InChI is InChI=1S/C54H55BN2S2/c1-30-17-42-46-43(18-30)57(39-14-11-31-24-52(5,6)25-32(31)19-39)48-41-21-34-27-54(9,10)29-36(34)23-45(41)59-50(48)55(46)49-47(56(42)38-15-12-37(13-16-38)51(2,3)4)40-20-33-26-53(7,8)28-35(33)22-44(40)58-49/h11-23H,24-29H2,1-10H3. The maximum atomic E-state index is 2.71. The van der Waals surface area contributed by atoms with E-state index in [1.165, 1.54) is 97.1 Å². The van der Waals surface area contributed by atoms with Gasteiger partial charge in [-0.15, -0.1) is 22.7 Å². The largest absolute Gasteiger partial charge is 0.310 e. The van der Waals surface area contributed by atoms with Crippen LogP contribution < -0.4 is 24.8 Å². The van der Waals surface area contributed by atoms with E-state index < -0.39 is 0 Å². The lowest BCUT2D eigenvalue weighted by Crippen LogP contribution is -2.59. The molecule has 0 saturated heterocycles. The second kappa shape index (κ2) is 11.7. The average molecular weight is 807 g/mol. The Morgan fingerprint density at radius 2 is 0.932 bits per heavy atom. The molecule has 0 saturated carbocycles. The summed E-state index contributed by atoms with van der Waals surface area (Å²) < 4.78 is 5.87. The molecule has 2 aromatic heterocycles. The molecule has 0 spiro atoms. The molecule has 2 aliphatic heterocycles. The minimum Gasteiger partial charge on any atom is -0.310 e. The quantitative estimate of drug-likeness (QED) is 0.161. The Morgan fingerprint density at radius 1 is 0.508 bits per heavy atom. The second-order valence-electron chi connectivity index (χ2n) is 22.5. The topological polar surface area (TPSA) is 6.48 Å². The summed E-state index contributed by atoms with van der Waals surface area (Å²) in [5.41, 5.74) is 22.4. The zero-order valence-electron chi connectivity index (χ0n) is 36.5. The minimum absolute atomic E-state index is 0.0841. The minimum atomic E-state index is 0.0841. The summed E-state index contributed by atoms with van der Waals surface area (Å²) >= 11 is 4.15. The van der Waals surface area contributed by atoms with Crippen LogP contribution in [0.4, 0.5) is 34.1 Å². The fourth-order valence-corrected chi connectivity index (χ4v) is 14.8. The molecule has 4 heterocycles. The maximum absolute atomic E-state index is 2.71. The van der Waals surface area contributed by atoms with Crippen molar-refractivity contribution >= 4 is 98.7 Å². The number of hydrogen-bond donors (Lipinski definition) is 0. The number of hydrogen-bond acceptors (Lipinski definition) is 4. The lowest BCUT2D eigenvalue weighted by molar-refractivity contribution is 0.392. The zero-order valence-corrected chi connectivity index (χ0v) is 38.2. The number of fused-ring (bicyclic) bond motifs is 11. The highest BCUT2D eigenvalue weighted by molar-refractivity contribution is 7.40. The van der Waals surface area contributed by atoms with E-state index in [9.17, 15) is 0 Å². The molecule has 0 atom stereocenters. The number of rotatable bonds is 2. The van der Waals surface area contributed by atoms with Crippen LogP contribution in [0, 0.1) is 23.2 Å². The van der Waals surface area contributed by atoms with Crippen LogP contribution in [0.25, 0.3) is 20.2 Å². The number of benzene rings is 5. The third-order valence-electron chi connectivity index (χ3n) is 14.5. The normalized spacial score (nSPS) is 18.9. The first-order valence-corrected chi connectivity index (χ1v) is 23.7. The molecule has 0 amide bonds. The van der Waals surface area contributed by atoms with Gasteiger partial charge in [0.25, 0.3) is 6.71 Å². The van der Waals surface area contributed by atoms with E-state index in [0.717, 1.165) is 38.5 Å². The fourth-order valence-electron chi connectivity index (χ4n) is 12.0. The van der Waals surface area contributed by atoms with E-state index >= 15 is 0 Å². The van der Waals surface area contributed by atoms with Gasteiger partial charge in [0.15, 0.2) is 0 Å². The molecule has 5 heteroatoms. The molecule has 0 radical (unpaired) electrons. The van der Waals surface area contributed by atoms with Crippen molar-refractivity contribution < 1.29 is 0 Å². The Balaban J connectivity index is 1.17. The Kier molecular flexibility index (Phi) is 7.27. The van der Waals surface area contributed by atoms with Gasteiger partial charge in [0.05, 0.1) is 11.4 Å². The average Bonchev–Trinajstić information content (AvgIpc) is 3.92. The lowest BCUT2D eigenvalue weighted by Gasteiger charge is -2.42. The Hall–Kier alpha value is -4.32. The summed E-state index contributed by atoms with van der Waals surface area (Å²) in [6, 6.07) is 32.4. The van der Waals surface area contributed by atoms with E-state index in [1.54, 1.807) is 16.7 Å². The molecule has 5 aliphatic rings. The van der Waals surface area contributed by atoms with Gasteiger partial charge < -0.3 is 9.80 Å². The van der Waals surface area contributed by atoms with E-state index in [0.29, 0.717) is 16.2 Å².